The maximum absolute atomic E-state index is 11.9. The lowest BCUT2D eigenvalue weighted by Gasteiger charge is -2.27. The molecule has 1 heterocycles. The minimum atomic E-state index is -3.76. The molecule has 1 N–H and O–H groups in total. The van der Waals surface area contributed by atoms with Gasteiger partial charge in [-0.25, -0.2) is 8.42 Å². The Balaban J connectivity index is 2.84. The van der Waals surface area contributed by atoms with Gasteiger partial charge in [-0.3, -0.25) is 4.79 Å². The van der Waals surface area contributed by atoms with E-state index >= 15 is 0 Å². The lowest BCUT2D eigenvalue weighted by Crippen LogP contribution is -2.41. The second-order valence-electron chi connectivity index (χ2n) is 5.15. The molecule has 0 aliphatic rings. The van der Waals surface area contributed by atoms with Gasteiger partial charge < -0.3 is 5.32 Å². The van der Waals surface area contributed by atoms with E-state index in [0.717, 1.165) is 11.3 Å². The first kappa shape index (κ1) is 15.5. The molecule has 0 bridgehead atoms. The third-order valence-electron chi connectivity index (χ3n) is 2.72. The second-order valence-corrected chi connectivity index (χ2v) is 8.86. The molecule has 1 atom stereocenters. The lowest BCUT2D eigenvalue weighted by atomic mass is 9.88. The van der Waals surface area contributed by atoms with Crippen molar-refractivity contribution in [3.8, 4) is 0 Å². The number of carbonyl (C=O) groups excluding carboxylic acids is 1. The van der Waals surface area contributed by atoms with E-state index in [1.54, 1.807) is 0 Å². The first-order valence-corrected chi connectivity index (χ1v) is 8.55. The smallest absolute Gasteiger partial charge is 0.270 e. The van der Waals surface area contributed by atoms with E-state index in [-0.39, 0.29) is 21.6 Å². The van der Waals surface area contributed by atoms with Gasteiger partial charge in [0.25, 0.3) is 15.0 Å². The first-order chi connectivity index (χ1) is 8.01. The molecule has 0 aliphatic heterocycles. The van der Waals surface area contributed by atoms with Crippen LogP contribution in [0.25, 0.3) is 0 Å². The summed E-state index contributed by atoms with van der Waals surface area (Å²) in [5.41, 5.74) is 0.253. The summed E-state index contributed by atoms with van der Waals surface area (Å²) in [4.78, 5) is 11.9. The molecule has 0 saturated heterocycles. The van der Waals surface area contributed by atoms with Crippen molar-refractivity contribution in [2.75, 3.05) is 0 Å². The molecule has 1 amide bonds. The zero-order valence-electron chi connectivity index (χ0n) is 10.7. The highest BCUT2D eigenvalue weighted by Gasteiger charge is 2.23. The van der Waals surface area contributed by atoms with Gasteiger partial charge in [0.1, 0.15) is 4.21 Å². The van der Waals surface area contributed by atoms with Crippen LogP contribution in [0, 0.1) is 5.41 Å². The summed E-state index contributed by atoms with van der Waals surface area (Å²) < 4.78 is 22.2. The van der Waals surface area contributed by atoms with E-state index in [2.05, 4.69) is 5.32 Å². The van der Waals surface area contributed by atoms with Crippen molar-refractivity contribution in [2.24, 2.45) is 5.41 Å². The van der Waals surface area contributed by atoms with Crippen LogP contribution in [0.2, 0.25) is 0 Å². The highest BCUT2D eigenvalue weighted by atomic mass is 35.7. The number of halogens is 1. The summed E-state index contributed by atoms with van der Waals surface area (Å²) in [6, 6.07) is 1.26. The van der Waals surface area contributed by atoms with Gasteiger partial charge in [-0.2, -0.15) is 0 Å². The molecule has 1 unspecified atom stereocenters. The van der Waals surface area contributed by atoms with Crippen LogP contribution in [-0.2, 0) is 9.05 Å². The number of amides is 1. The van der Waals surface area contributed by atoms with Crippen molar-refractivity contribution in [1.82, 2.24) is 5.32 Å². The monoisotopic (exact) mass is 309 g/mol. The molecule has 1 rings (SSSR count). The van der Waals surface area contributed by atoms with Gasteiger partial charge in [-0.05, 0) is 18.4 Å². The van der Waals surface area contributed by atoms with Crippen molar-refractivity contribution < 1.29 is 13.2 Å². The summed E-state index contributed by atoms with van der Waals surface area (Å²) in [5, 5.41) is 4.32. The van der Waals surface area contributed by atoms with Crippen molar-refractivity contribution in [1.29, 1.82) is 0 Å². The maximum atomic E-state index is 11.9. The Bertz CT molecular complexity index is 543. The Kier molecular flexibility index (Phi) is 4.46. The third-order valence-corrected chi connectivity index (χ3v) is 5.77. The molecule has 1 aromatic heterocycles. The highest BCUT2D eigenvalue weighted by molar-refractivity contribution is 8.15. The molecule has 0 radical (unpaired) electrons. The molecular weight excluding hydrogens is 294 g/mol. The second kappa shape index (κ2) is 5.19. The van der Waals surface area contributed by atoms with Gasteiger partial charge in [-0.15, -0.1) is 11.3 Å². The topological polar surface area (TPSA) is 63.2 Å². The van der Waals surface area contributed by atoms with E-state index in [9.17, 15) is 13.2 Å². The van der Waals surface area contributed by atoms with Crippen molar-refractivity contribution >= 4 is 37.0 Å². The average Bonchev–Trinajstić information content (AvgIpc) is 2.63. The van der Waals surface area contributed by atoms with Gasteiger partial charge in [0.15, 0.2) is 0 Å². The molecule has 18 heavy (non-hydrogen) atoms. The summed E-state index contributed by atoms with van der Waals surface area (Å²) in [7, 11) is 1.44. The van der Waals surface area contributed by atoms with E-state index in [1.807, 2.05) is 27.7 Å². The first-order valence-electron chi connectivity index (χ1n) is 5.36. The van der Waals surface area contributed by atoms with E-state index in [4.69, 9.17) is 10.7 Å². The van der Waals surface area contributed by atoms with Crippen LogP contribution in [0.4, 0.5) is 0 Å². The molecule has 0 aliphatic carbocycles. The van der Waals surface area contributed by atoms with Crippen molar-refractivity contribution in [3.05, 3.63) is 17.0 Å². The Hall–Kier alpha value is -0.590. The molecule has 102 valence electrons. The van der Waals surface area contributed by atoms with Crippen LogP contribution in [0.3, 0.4) is 0 Å². The zero-order valence-corrected chi connectivity index (χ0v) is 13.0. The third kappa shape index (κ3) is 3.96. The Morgan fingerprint density at radius 1 is 1.44 bits per heavy atom. The van der Waals surface area contributed by atoms with Crippen LogP contribution in [0.1, 0.15) is 38.1 Å². The van der Waals surface area contributed by atoms with Crippen LogP contribution in [-0.4, -0.2) is 20.4 Å². The van der Waals surface area contributed by atoms with Gasteiger partial charge in [-0.1, -0.05) is 20.8 Å². The fraction of sp³-hybridized carbons (Fsp3) is 0.545. The van der Waals surface area contributed by atoms with Gasteiger partial charge in [0, 0.05) is 22.1 Å². The highest BCUT2D eigenvalue weighted by Crippen LogP contribution is 2.24. The Morgan fingerprint density at radius 3 is 2.39 bits per heavy atom. The molecule has 7 heteroatoms. The van der Waals surface area contributed by atoms with Crippen LogP contribution in [0.5, 0.6) is 0 Å². The van der Waals surface area contributed by atoms with Crippen molar-refractivity contribution in [3.63, 3.8) is 0 Å². The number of hydrogen-bond acceptors (Lipinski definition) is 4. The Morgan fingerprint density at radius 2 is 2.00 bits per heavy atom. The normalized spacial score (nSPS) is 14.3. The van der Waals surface area contributed by atoms with E-state index in [1.165, 1.54) is 11.4 Å². The molecule has 0 saturated carbocycles. The Labute approximate surface area is 116 Å². The van der Waals surface area contributed by atoms with E-state index in [0.29, 0.717) is 5.56 Å². The summed E-state index contributed by atoms with van der Waals surface area (Å²) in [6.07, 6.45) is 0. The molecule has 0 spiro atoms. The van der Waals surface area contributed by atoms with Crippen molar-refractivity contribution in [2.45, 2.75) is 37.9 Å². The molecule has 4 nitrogen and oxygen atoms in total. The number of rotatable bonds is 3. The molecule has 0 fully saturated rings. The fourth-order valence-corrected chi connectivity index (χ4v) is 3.01. The zero-order chi connectivity index (χ0) is 14.1. The molecular formula is C11H16ClNO3S2. The average molecular weight is 310 g/mol. The molecule has 1 aromatic rings. The van der Waals surface area contributed by atoms with E-state index < -0.39 is 9.05 Å². The lowest BCUT2D eigenvalue weighted by molar-refractivity contribution is 0.0910. The summed E-state index contributed by atoms with van der Waals surface area (Å²) in [5.74, 6) is -0.291. The van der Waals surface area contributed by atoms with Gasteiger partial charge >= 0.3 is 0 Å². The number of hydrogen-bond donors (Lipinski definition) is 1. The fourth-order valence-electron chi connectivity index (χ4n) is 1.06. The maximum Gasteiger partial charge on any atom is 0.270 e. The van der Waals surface area contributed by atoms with Gasteiger partial charge in [0.05, 0.1) is 5.56 Å². The van der Waals surface area contributed by atoms with Crippen LogP contribution < -0.4 is 5.32 Å². The predicted octanol–water partition coefficient (Wildman–Crippen LogP) is 2.84. The number of carbonyl (C=O) groups is 1. The SMILES string of the molecule is CC(NC(=O)c1csc(S(=O)(=O)Cl)c1)C(C)(C)C. The number of thiophene rings is 1. The summed E-state index contributed by atoms with van der Waals surface area (Å²) in [6.45, 7) is 7.95. The van der Waals surface area contributed by atoms with Crippen LogP contribution >= 0.6 is 22.0 Å². The minimum absolute atomic E-state index is 0.0160. The van der Waals surface area contributed by atoms with Gasteiger partial charge in [0.2, 0.25) is 0 Å². The summed E-state index contributed by atoms with van der Waals surface area (Å²) >= 11 is 0.939. The largest absolute Gasteiger partial charge is 0.349 e. The molecule has 0 aromatic carbocycles. The standard InChI is InChI=1S/C11H16ClNO3S2/c1-7(11(2,3)4)13-10(14)8-5-9(17-6-8)18(12,15)16/h5-7H,1-4H3,(H,13,14). The predicted molar refractivity (Wildman–Crippen MR) is 73.7 cm³/mol. The van der Waals surface area contributed by atoms with Crippen LogP contribution in [0.15, 0.2) is 15.7 Å². The quantitative estimate of drug-likeness (QED) is 0.873. The number of nitrogens with one attached hydrogen (secondary N) is 1. The minimum Gasteiger partial charge on any atom is -0.349 e.